The maximum Gasteiger partial charge on any atom is 0.319 e. The number of amides is 2. The monoisotopic (exact) mass is 270 g/mol. The summed E-state index contributed by atoms with van der Waals surface area (Å²) < 4.78 is 5.53. The first-order chi connectivity index (χ1) is 8.76. The van der Waals surface area contributed by atoms with Crippen LogP contribution in [0.4, 0.5) is 10.5 Å². The number of anilines is 1. The zero-order valence-electron chi connectivity index (χ0n) is 10.5. The number of alkyl halides is 1. The van der Waals surface area contributed by atoms with Gasteiger partial charge >= 0.3 is 6.03 Å². The van der Waals surface area contributed by atoms with Crippen molar-refractivity contribution in [2.75, 3.05) is 24.3 Å². The second-order valence-electron chi connectivity index (χ2n) is 3.80. The van der Waals surface area contributed by atoms with Gasteiger partial charge in [0, 0.05) is 18.1 Å². The zero-order valence-corrected chi connectivity index (χ0v) is 11.3. The lowest BCUT2D eigenvalue weighted by molar-refractivity contribution is 0.252. The number of nitrogens with one attached hydrogen (secondary N) is 2. The predicted octanol–water partition coefficient (Wildman–Crippen LogP) is 3.23. The van der Waals surface area contributed by atoms with Crippen molar-refractivity contribution in [3.8, 4) is 5.75 Å². The topological polar surface area (TPSA) is 50.4 Å². The SMILES string of the molecule is CCCCOc1ccc(NC(=O)NCCCl)cc1. The fourth-order valence-electron chi connectivity index (χ4n) is 1.30. The van der Waals surface area contributed by atoms with E-state index in [2.05, 4.69) is 17.6 Å². The van der Waals surface area contributed by atoms with Crippen LogP contribution in [0.25, 0.3) is 0 Å². The van der Waals surface area contributed by atoms with Gasteiger partial charge < -0.3 is 15.4 Å². The summed E-state index contributed by atoms with van der Waals surface area (Å²) in [5.74, 6) is 1.22. The fourth-order valence-corrected chi connectivity index (χ4v) is 1.40. The third-order valence-corrected chi connectivity index (χ3v) is 2.45. The Morgan fingerprint density at radius 1 is 1.33 bits per heavy atom. The van der Waals surface area contributed by atoms with E-state index in [1.165, 1.54) is 0 Å². The van der Waals surface area contributed by atoms with E-state index >= 15 is 0 Å². The molecule has 18 heavy (non-hydrogen) atoms. The summed E-state index contributed by atoms with van der Waals surface area (Å²) >= 11 is 5.47. The molecule has 0 saturated carbocycles. The highest BCUT2D eigenvalue weighted by molar-refractivity contribution is 6.18. The van der Waals surface area contributed by atoms with Gasteiger partial charge in [-0.3, -0.25) is 0 Å². The van der Waals surface area contributed by atoms with Crippen molar-refractivity contribution in [3.05, 3.63) is 24.3 Å². The van der Waals surface area contributed by atoms with Crippen molar-refractivity contribution in [2.45, 2.75) is 19.8 Å². The number of hydrogen-bond acceptors (Lipinski definition) is 2. The molecule has 1 aromatic rings. The number of carbonyl (C=O) groups excluding carboxylic acids is 1. The Morgan fingerprint density at radius 3 is 2.67 bits per heavy atom. The summed E-state index contributed by atoms with van der Waals surface area (Å²) in [6.45, 7) is 3.29. The normalized spacial score (nSPS) is 9.89. The van der Waals surface area contributed by atoms with E-state index < -0.39 is 0 Å². The molecule has 1 aromatic carbocycles. The van der Waals surface area contributed by atoms with Crippen molar-refractivity contribution < 1.29 is 9.53 Å². The van der Waals surface area contributed by atoms with Crippen LogP contribution in [0.2, 0.25) is 0 Å². The van der Waals surface area contributed by atoms with Crippen molar-refractivity contribution in [1.82, 2.24) is 5.32 Å². The highest BCUT2D eigenvalue weighted by atomic mass is 35.5. The standard InChI is InChI=1S/C13H19ClN2O2/c1-2-3-10-18-12-6-4-11(5-7-12)16-13(17)15-9-8-14/h4-7H,2-3,8-10H2,1H3,(H2,15,16,17). The van der Waals surface area contributed by atoms with Crippen LogP contribution < -0.4 is 15.4 Å². The molecular weight excluding hydrogens is 252 g/mol. The number of halogens is 1. The second-order valence-corrected chi connectivity index (χ2v) is 4.17. The molecular formula is C13H19ClN2O2. The molecule has 0 spiro atoms. The molecule has 0 fully saturated rings. The Morgan fingerprint density at radius 2 is 2.06 bits per heavy atom. The van der Waals surface area contributed by atoms with Crippen LogP contribution in [0.1, 0.15) is 19.8 Å². The van der Waals surface area contributed by atoms with E-state index in [0.717, 1.165) is 30.9 Å². The second kappa shape index (κ2) is 8.64. The van der Waals surface area contributed by atoms with Crippen molar-refractivity contribution >= 4 is 23.3 Å². The van der Waals surface area contributed by atoms with Gasteiger partial charge in [-0.2, -0.15) is 0 Å². The minimum Gasteiger partial charge on any atom is -0.494 e. The number of benzene rings is 1. The average molecular weight is 271 g/mol. The van der Waals surface area contributed by atoms with Gasteiger partial charge in [-0.05, 0) is 30.7 Å². The molecule has 2 amide bonds. The van der Waals surface area contributed by atoms with Crippen LogP contribution >= 0.6 is 11.6 Å². The molecule has 0 atom stereocenters. The third-order valence-electron chi connectivity index (χ3n) is 2.26. The van der Waals surface area contributed by atoms with Gasteiger partial charge in [-0.15, -0.1) is 11.6 Å². The lowest BCUT2D eigenvalue weighted by atomic mass is 10.3. The van der Waals surface area contributed by atoms with E-state index in [0.29, 0.717) is 12.4 Å². The van der Waals surface area contributed by atoms with Crippen LogP contribution in [0.3, 0.4) is 0 Å². The average Bonchev–Trinajstić information content (AvgIpc) is 2.39. The molecule has 2 N–H and O–H groups in total. The molecule has 1 rings (SSSR count). The third kappa shape index (κ3) is 5.77. The predicted molar refractivity (Wildman–Crippen MR) is 74.6 cm³/mol. The molecule has 100 valence electrons. The van der Waals surface area contributed by atoms with E-state index in [1.807, 2.05) is 24.3 Å². The Kier molecular flexibility index (Phi) is 7.03. The van der Waals surface area contributed by atoms with Crippen LogP contribution in [-0.2, 0) is 0 Å². The number of ether oxygens (including phenoxy) is 1. The molecule has 0 heterocycles. The summed E-state index contributed by atoms with van der Waals surface area (Å²) in [5, 5.41) is 5.33. The zero-order chi connectivity index (χ0) is 13.2. The first-order valence-electron chi connectivity index (χ1n) is 6.10. The van der Waals surface area contributed by atoms with Gasteiger partial charge in [0.25, 0.3) is 0 Å². The number of rotatable bonds is 7. The summed E-state index contributed by atoms with van der Waals surface area (Å²) in [4.78, 5) is 11.4. The van der Waals surface area contributed by atoms with Crippen LogP contribution in [0.15, 0.2) is 24.3 Å². The number of urea groups is 1. The summed E-state index contributed by atoms with van der Waals surface area (Å²) in [7, 11) is 0. The molecule has 0 saturated heterocycles. The summed E-state index contributed by atoms with van der Waals surface area (Å²) in [5.41, 5.74) is 0.727. The minimum absolute atomic E-state index is 0.254. The van der Waals surface area contributed by atoms with Gasteiger partial charge in [0.2, 0.25) is 0 Å². The molecule has 0 unspecified atom stereocenters. The van der Waals surface area contributed by atoms with E-state index in [1.54, 1.807) is 0 Å². The molecule has 5 heteroatoms. The van der Waals surface area contributed by atoms with Gasteiger partial charge in [0.05, 0.1) is 6.61 Å². The van der Waals surface area contributed by atoms with Gasteiger partial charge in [0.1, 0.15) is 5.75 Å². The van der Waals surface area contributed by atoms with E-state index in [9.17, 15) is 4.79 Å². The number of hydrogen-bond donors (Lipinski definition) is 2. The Balaban J connectivity index is 2.37. The maximum absolute atomic E-state index is 11.4. The molecule has 4 nitrogen and oxygen atoms in total. The molecule has 0 radical (unpaired) electrons. The molecule has 0 aliphatic carbocycles. The lowest BCUT2D eigenvalue weighted by Gasteiger charge is -2.08. The van der Waals surface area contributed by atoms with Crippen LogP contribution in [-0.4, -0.2) is 25.1 Å². The Bertz CT molecular complexity index is 355. The van der Waals surface area contributed by atoms with Crippen molar-refractivity contribution in [2.24, 2.45) is 0 Å². The smallest absolute Gasteiger partial charge is 0.319 e. The Labute approximate surface area is 113 Å². The van der Waals surface area contributed by atoms with Crippen LogP contribution in [0, 0.1) is 0 Å². The highest BCUT2D eigenvalue weighted by Gasteiger charge is 2.00. The van der Waals surface area contributed by atoms with Crippen molar-refractivity contribution in [1.29, 1.82) is 0 Å². The molecule has 0 aliphatic rings. The summed E-state index contributed by atoms with van der Waals surface area (Å²) in [6.07, 6.45) is 2.15. The molecule has 0 aliphatic heterocycles. The van der Waals surface area contributed by atoms with Gasteiger partial charge in [-0.25, -0.2) is 4.79 Å². The number of carbonyl (C=O) groups is 1. The van der Waals surface area contributed by atoms with Gasteiger partial charge in [0.15, 0.2) is 0 Å². The largest absolute Gasteiger partial charge is 0.494 e. The summed E-state index contributed by atoms with van der Waals surface area (Å²) in [6, 6.07) is 7.04. The van der Waals surface area contributed by atoms with Gasteiger partial charge in [-0.1, -0.05) is 13.3 Å². The minimum atomic E-state index is -0.254. The quantitative estimate of drug-likeness (QED) is 0.590. The molecule has 0 bridgehead atoms. The maximum atomic E-state index is 11.4. The highest BCUT2D eigenvalue weighted by Crippen LogP contribution is 2.15. The first-order valence-corrected chi connectivity index (χ1v) is 6.63. The fraction of sp³-hybridized carbons (Fsp3) is 0.462. The van der Waals surface area contributed by atoms with Crippen LogP contribution in [0.5, 0.6) is 5.75 Å². The molecule has 0 aromatic heterocycles. The first kappa shape index (κ1) is 14.6. The Hall–Kier alpha value is -1.42. The van der Waals surface area contributed by atoms with E-state index in [-0.39, 0.29) is 6.03 Å². The lowest BCUT2D eigenvalue weighted by Crippen LogP contribution is -2.30. The van der Waals surface area contributed by atoms with Crippen molar-refractivity contribution in [3.63, 3.8) is 0 Å². The van der Waals surface area contributed by atoms with E-state index in [4.69, 9.17) is 16.3 Å². The number of unbranched alkanes of at least 4 members (excludes halogenated alkanes) is 1.